The lowest BCUT2D eigenvalue weighted by Gasteiger charge is -2.15. The Morgan fingerprint density at radius 1 is 1.18 bits per heavy atom. The average Bonchev–Trinajstić information content (AvgIpc) is 2.86. The third-order valence-corrected chi connectivity index (χ3v) is 4.32. The summed E-state index contributed by atoms with van der Waals surface area (Å²) in [6.07, 6.45) is 0.603. The second-order valence-corrected chi connectivity index (χ2v) is 5.85. The quantitative estimate of drug-likeness (QED) is 0.714. The van der Waals surface area contributed by atoms with Gasteiger partial charge in [-0.2, -0.15) is 0 Å². The number of carbonyl (C=O) groups excluding carboxylic acids is 1. The van der Waals surface area contributed by atoms with Crippen LogP contribution in [0.2, 0.25) is 5.02 Å². The molecule has 3 aromatic rings. The van der Waals surface area contributed by atoms with Crippen molar-refractivity contribution in [3.05, 3.63) is 64.9 Å². The molecule has 2 aromatic carbocycles. The molecule has 0 radical (unpaired) electrons. The number of imidazole rings is 1. The highest BCUT2D eigenvalue weighted by Crippen LogP contribution is 2.25. The summed E-state index contributed by atoms with van der Waals surface area (Å²) in [5.41, 5.74) is 2.89. The second kappa shape index (κ2) is 5.93. The molecule has 3 nitrogen and oxygen atoms in total. The number of Topliss-reactive ketones (excluding diaryl/α,β-unsaturated/α-hetero) is 1. The van der Waals surface area contributed by atoms with E-state index in [1.807, 2.05) is 60.0 Å². The summed E-state index contributed by atoms with van der Waals surface area (Å²) in [5.74, 6) is 0.973. The SMILES string of the molecule is CC(=O)C(C)n1c(Cc2ccccc2Cl)nc2ccccc21. The molecular formula is C18H17ClN2O. The molecule has 3 rings (SSSR count). The molecule has 22 heavy (non-hydrogen) atoms. The lowest BCUT2D eigenvalue weighted by molar-refractivity contribution is -0.119. The number of ketones is 1. The zero-order valence-electron chi connectivity index (χ0n) is 12.6. The minimum atomic E-state index is -0.245. The van der Waals surface area contributed by atoms with Gasteiger partial charge in [-0.1, -0.05) is 41.9 Å². The fourth-order valence-corrected chi connectivity index (χ4v) is 2.85. The molecule has 0 saturated carbocycles. The normalized spacial score (nSPS) is 12.5. The standard InChI is InChI=1S/C18H17ClN2O/c1-12(13(2)22)21-17-10-6-5-9-16(17)20-18(21)11-14-7-3-4-8-15(14)19/h3-10,12H,11H2,1-2H3. The van der Waals surface area contributed by atoms with E-state index in [9.17, 15) is 4.79 Å². The predicted octanol–water partition coefficient (Wildman–Crippen LogP) is 4.43. The molecule has 1 heterocycles. The molecule has 0 aliphatic rings. The monoisotopic (exact) mass is 312 g/mol. The van der Waals surface area contributed by atoms with Crippen molar-refractivity contribution in [3.63, 3.8) is 0 Å². The zero-order chi connectivity index (χ0) is 15.7. The van der Waals surface area contributed by atoms with Crippen LogP contribution in [0.4, 0.5) is 0 Å². The molecule has 0 fully saturated rings. The summed E-state index contributed by atoms with van der Waals surface area (Å²) < 4.78 is 2.01. The minimum absolute atomic E-state index is 0.114. The second-order valence-electron chi connectivity index (χ2n) is 5.44. The Morgan fingerprint density at radius 3 is 2.59 bits per heavy atom. The highest BCUT2D eigenvalue weighted by Gasteiger charge is 2.19. The van der Waals surface area contributed by atoms with Crippen LogP contribution >= 0.6 is 11.6 Å². The maximum Gasteiger partial charge on any atom is 0.152 e. The van der Waals surface area contributed by atoms with Crippen molar-refractivity contribution in [3.8, 4) is 0 Å². The van der Waals surface area contributed by atoms with E-state index in [-0.39, 0.29) is 11.8 Å². The molecular weight excluding hydrogens is 296 g/mol. The summed E-state index contributed by atoms with van der Waals surface area (Å²) in [4.78, 5) is 16.6. The Balaban J connectivity index is 2.14. The van der Waals surface area contributed by atoms with Gasteiger partial charge in [0, 0.05) is 11.4 Å². The van der Waals surface area contributed by atoms with Crippen LogP contribution in [-0.2, 0) is 11.2 Å². The molecule has 0 amide bonds. The van der Waals surface area contributed by atoms with Gasteiger partial charge >= 0.3 is 0 Å². The highest BCUT2D eigenvalue weighted by atomic mass is 35.5. The first-order valence-electron chi connectivity index (χ1n) is 7.27. The van der Waals surface area contributed by atoms with Crippen LogP contribution in [0.25, 0.3) is 11.0 Å². The topological polar surface area (TPSA) is 34.9 Å². The Hall–Kier alpha value is -2.13. The number of nitrogens with zero attached hydrogens (tertiary/aromatic N) is 2. The van der Waals surface area contributed by atoms with E-state index >= 15 is 0 Å². The summed E-state index contributed by atoms with van der Waals surface area (Å²) >= 11 is 6.26. The van der Waals surface area contributed by atoms with Gasteiger partial charge in [-0.05, 0) is 37.6 Å². The first kappa shape index (κ1) is 14.8. The first-order valence-corrected chi connectivity index (χ1v) is 7.65. The number of hydrogen-bond acceptors (Lipinski definition) is 2. The van der Waals surface area contributed by atoms with Gasteiger partial charge in [0.2, 0.25) is 0 Å². The summed E-state index contributed by atoms with van der Waals surface area (Å²) in [7, 11) is 0. The van der Waals surface area contributed by atoms with Crippen LogP contribution in [0.1, 0.15) is 31.3 Å². The largest absolute Gasteiger partial charge is 0.317 e. The Kier molecular flexibility index (Phi) is 3.99. The van der Waals surface area contributed by atoms with Gasteiger partial charge in [-0.25, -0.2) is 4.98 Å². The average molecular weight is 313 g/mol. The van der Waals surface area contributed by atoms with Gasteiger partial charge in [0.25, 0.3) is 0 Å². The van der Waals surface area contributed by atoms with Gasteiger partial charge in [0.05, 0.1) is 17.1 Å². The van der Waals surface area contributed by atoms with E-state index in [0.717, 1.165) is 27.4 Å². The Morgan fingerprint density at radius 2 is 1.86 bits per heavy atom. The number of rotatable bonds is 4. The number of hydrogen-bond donors (Lipinski definition) is 0. The lowest BCUT2D eigenvalue weighted by atomic mass is 10.1. The Labute approximate surface area is 134 Å². The Bertz CT molecular complexity index is 838. The van der Waals surface area contributed by atoms with Crippen molar-refractivity contribution in [2.24, 2.45) is 0 Å². The van der Waals surface area contributed by atoms with Crippen molar-refractivity contribution in [1.82, 2.24) is 9.55 Å². The van der Waals surface area contributed by atoms with Crippen molar-refractivity contribution in [2.75, 3.05) is 0 Å². The zero-order valence-corrected chi connectivity index (χ0v) is 13.3. The molecule has 0 aliphatic heterocycles. The van der Waals surface area contributed by atoms with Crippen molar-refractivity contribution < 1.29 is 4.79 Å². The summed E-state index contributed by atoms with van der Waals surface area (Å²) in [6, 6.07) is 15.4. The number of benzene rings is 2. The number of halogens is 1. The molecule has 1 atom stereocenters. The van der Waals surface area contributed by atoms with E-state index in [1.54, 1.807) is 6.92 Å². The summed E-state index contributed by atoms with van der Waals surface area (Å²) in [5, 5.41) is 0.719. The maximum absolute atomic E-state index is 11.9. The van der Waals surface area contributed by atoms with E-state index in [1.165, 1.54) is 0 Å². The molecule has 0 bridgehead atoms. The van der Waals surface area contributed by atoms with Crippen molar-refractivity contribution >= 4 is 28.4 Å². The summed E-state index contributed by atoms with van der Waals surface area (Å²) in [6.45, 7) is 3.52. The van der Waals surface area contributed by atoms with Gasteiger partial charge < -0.3 is 4.57 Å². The molecule has 0 N–H and O–H groups in total. The minimum Gasteiger partial charge on any atom is -0.317 e. The van der Waals surface area contributed by atoms with Crippen LogP contribution in [0.15, 0.2) is 48.5 Å². The molecule has 1 unspecified atom stereocenters. The van der Waals surface area contributed by atoms with Crippen LogP contribution in [0.3, 0.4) is 0 Å². The molecule has 1 aromatic heterocycles. The van der Waals surface area contributed by atoms with Crippen molar-refractivity contribution in [2.45, 2.75) is 26.3 Å². The van der Waals surface area contributed by atoms with Crippen LogP contribution in [0.5, 0.6) is 0 Å². The number of aromatic nitrogens is 2. The number of para-hydroxylation sites is 2. The van der Waals surface area contributed by atoms with Gasteiger partial charge in [-0.15, -0.1) is 0 Å². The maximum atomic E-state index is 11.9. The smallest absolute Gasteiger partial charge is 0.152 e. The molecule has 0 aliphatic carbocycles. The van der Waals surface area contributed by atoms with Crippen LogP contribution < -0.4 is 0 Å². The molecule has 0 spiro atoms. The van der Waals surface area contributed by atoms with Gasteiger partial charge in [0.15, 0.2) is 5.78 Å². The molecule has 112 valence electrons. The molecule has 0 saturated heterocycles. The van der Waals surface area contributed by atoms with Gasteiger partial charge in [-0.3, -0.25) is 4.79 Å². The number of carbonyl (C=O) groups is 1. The van der Waals surface area contributed by atoms with E-state index in [4.69, 9.17) is 16.6 Å². The van der Waals surface area contributed by atoms with E-state index in [0.29, 0.717) is 6.42 Å². The molecule has 4 heteroatoms. The fraction of sp³-hybridized carbons (Fsp3) is 0.222. The lowest BCUT2D eigenvalue weighted by Crippen LogP contribution is -2.16. The van der Waals surface area contributed by atoms with E-state index < -0.39 is 0 Å². The van der Waals surface area contributed by atoms with Crippen LogP contribution in [-0.4, -0.2) is 15.3 Å². The van der Waals surface area contributed by atoms with Crippen LogP contribution in [0, 0.1) is 0 Å². The third kappa shape index (κ3) is 2.64. The fourth-order valence-electron chi connectivity index (χ4n) is 2.65. The van der Waals surface area contributed by atoms with Gasteiger partial charge in [0.1, 0.15) is 5.82 Å². The van der Waals surface area contributed by atoms with E-state index in [2.05, 4.69) is 0 Å². The van der Waals surface area contributed by atoms with Crippen molar-refractivity contribution in [1.29, 1.82) is 0 Å². The predicted molar refractivity (Wildman–Crippen MR) is 89.4 cm³/mol. The number of fused-ring (bicyclic) bond motifs is 1. The third-order valence-electron chi connectivity index (χ3n) is 3.95. The first-order chi connectivity index (χ1) is 10.6. The highest BCUT2D eigenvalue weighted by molar-refractivity contribution is 6.31.